The highest BCUT2D eigenvalue weighted by atomic mass is 79.9. The first-order valence-corrected chi connectivity index (χ1v) is 6.26. The van der Waals surface area contributed by atoms with Crippen LogP contribution in [0.2, 0.25) is 0 Å². The van der Waals surface area contributed by atoms with Gasteiger partial charge in [0.2, 0.25) is 0 Å². The maximum Gasteiger partial charge on any atom is 0.272 e. The van der Waals surface area contributed by atoms with Crippen molar-refractivity contribution < 1.29 is 9.53 Å². The molecule has 0 atom stereocenters. The van der Waals surface area contributed by atoms with E-state index in [1.807, 2.05) is 6.07 Å². The van der Waals surface area contributed by atoms with E-state index in [1.165, 1.54) is 0 Å². The maximum absolute atomic E-state index is 12.2. The molecule has 0 aliphatic heterocycles. The van der Waals surface area contributed by atoms with Gasteiger partial charge in [0.25, 0.3) is 5.91 Å². The molecule has 0 radical (unpaired) electrons. The molecule has 1 heterocycles. The zero-order chi connectivity index (χ0) is 13.4. The van der Waals surface area contributed by atoms with Gasteiger partial charge in [-0.2, -0.15) is 5.26 Å². The minimum atomic E-state index is -0.191. The lowest BCUT2D eigenvalue weighted by molar-refractivity contribution is 0.0694. The SMILES string of the molecule is COCCN(CCC#N)C(=O)c1cccc(Br)n1. The summed E-state index contributed by atoms with van der Waals surface area (Å²) < 4.78 is 5.57. The predicted molar refractivity (Wildman–Crippen MR) is 69.9 cm³/mol. The van der Waals surface area contributed by atoms with Crippen LogP contribution in [0.25, 0.3) is 0 Å². The molecule has 96 valence electrons. The summed E-state index contributed by atoms with van der Waals surface area (Å²) in [5.41, 5.74) is 0.360. The fourth-order valence-corrected chi connectivity index (χ4v) is 1.73. The Labute approximate surface area is 115 Å². The van der Waals surface area contributed by atoms with Crippen molar-refractivity contribution in [1.82, 2.24) is 9.88 Å². The molecule has 1 aromatic heterocycles. The van der Waals surface area contributed by atoms with Gasteiger partial charge in [0.1, 0.15) is 10.3 Å². The molecule has 0 spiro atoms. The number of rotatable bonds is 6. The lowest BCUT2D eigenvalue weighted by atomic mass is 10.3. The first-order chi connectivity index (χ1) is 8.69. The predicted octanol–water partition coefficient (Wildman–Crippen LogP) is 1.85. The highest BCUT2D eigenvalue weighted by Crippen LogP contribution is 2.09. The Morgan fingerprint density at radius 3 is 2.94 bits per heavy atom. The summed E-state index contributed by atoms with van der Waals surface area (Å²) in [5, 5.41) is 8.59. The Morgan fingerprint density at radius 2 is 2.33 bits per heavy atom. The number of methoxy groups -OCH3 is 1. The highest BCUT2D eigenvalue weighted by Gasteiger charge is 2.16. The molecule has 1 amide bonds. The summed E-state index contributed by atoms with van der Waals surface area (Å²) in [6.07, 6.45) is 0.295. The molecule has 6 heteroatoms. The molecule has 0 N–H and O–H groups in total. The molecule has 0 aliphatic carbocycles. The lowest BCUT2D eigenvalue weighted by Gasteiger charge is -2.20. The van der Waals surface area contributed by atoms with Crippen LogP contribution < -0.4 is 0 Å². The molecule has 18 heavy (non-hydrogen) atoms. The zero-order valence-corrected chi connectivity index (χ0v) is 11.7. The Kier molecular flexibility index (Phi) is 6.33. The van der Waals surface area contributed by atoms with Crippen molar-refractivity contribution in [2.45, 2.75) is 6.42 Å². The monoisotopic (exact) mass is 311 g/mol. The van der Waals surface area contributed by atoms with Crippen LogP contribution in [-0.4, -0.2) is 42.6 Å². The molecule has 0 bridgehead atoms. The van der Waals surface area contributed by atoms with Gasteiger partial charge in [-0.3, -0.25) is 4.79 Å². The second-order valence-corrected chi connectivity index (χ2v) is 4.35. The van der Waals surface area contributed by atoms with Gasteiger partial charge in [-0.1, -0.05) is 6.07 Å². The normalized spacial score (nSPS) is 9.83. The quantitative estimate of drug-likeness (QED) is 0.752. The summed E-state index contributed by atoms with van der Waals surface area (Å²) in [6.45, 7) is 1.27. The number of carbonyl (C=O) groups excluding carboxylic acids is 1. The molecule has 0 aliphatic rings. The van der Waals surface area contributed by atoms with Crippen molar-refractivity contribution in [2.24, 2.45) is 0 Å². The van der Waals surface area contributed by atoms with Gasteiger partial charge in [0.15, 0.2) is 0 Å². The van der Waals surface area contributed by atoms with Crippen LogP contribution in [0.5, 0.6) is 0 Å². The smallest absolute Gasteiger partial charge is 0.272 e. The number of ether oxygens (including phenoxy) is 1. The summed E-state index contributed by atoms with van der Waals surface area (Å²) in [7, 11) is 1.57. The summed E-state index contributed by atoms with van der Waals surface area (Å²) in [5.74, 6) is -0.191. The van der Waals surface area contributed by atoms with Crippen LogP contribution in [0.15, 0.2) is 22.8 Å². The van der Waals surface area contributed by atoms with Crippen LogP contribution in [0.4, 0.5) is 0 Å². The van der Waals surface area contributed by atoms with Gasteiger partial charge in [0, 0.05) is 20.2 Å². The number of hydrogen-bond donors (Lipinski definition) is 0. The third-order valence-corrected chi connectivity index (χ3v) is 2.72. The van der Waals surface area contributed by atoms with Crippen LogP contribution in [-0.2, 0) is 4.74 Å². The fourth-order valence-electron chi connectivity index (χ4n) is 1.39. The molecule has 0 saturated heterocycles. The van der Waals surface area contributed by atoms with Crippen molar-refractivity contribution in [1.29, 1.82) is 5.26 Å². The van der Waals surface area contributed by atoms with Gasteiger partial charge in [-0.15, -0.1) is 0 Å². The van der Waals surface area contributed by atoms with Gasteiger partial charge in [-0.25, -0.2) is 4.98 Å². The Balaban J connectivity index is 2.77. The zero-order valence-electron chi connectivity index (χ0n) is 10.1. The molecule has 0 saturated carbocycles. The Hall–Kier alpha value is -1.45. The van der Waals surface area contributed by atoms with Crippen molar-refractivity contribution in [3.63, 3.8) is 0 Å². The third kappa shape index (κ3) is 4.43. The summed E-state index contributed by atoms with van der Waals surface area (Å²) in [6, 6.07) is 7.19. The number of aromatic nitrogens is 1. The minimum Gasteiger partial charge on any atom is -0.383 e. The van der Waals surface area contributed by atoms with Gasteiger partial charge in [-0.05, 0) is 28.1 Å². The van der Waals surface area contributed by atoms with Crippen LogP contribution >= 0.6 is 15.9 Å². The largest absolute Gasteiger partial charge is 0.383 e. The maximum atomic E-state index is 12.2. The number of hydrogen-bond acceptors (Lipinski definition) is 4. The van der Waals surface area contributed by atoms with E-state index in [1.54, 1.807) is 30.2 Å². The average Bonchev–Trinajstić information content (AvgIpc) is 2.38. The van der Waals surface area contributed by atoms with E-state index in [0.29, 0.717) is 36.4 Å². The molecule has 0 fully saturated rings. The first kappa shape index (κ1) is 14.6. The molecule has 1 rings (SSSR count). The molecular weight excluding hydrogens is 298 g/mol. The van der Waals surface area contributed by atoms with Crippen LogP contribution in [0.3, 0.4) is 0 Å². The van der Waals surface area contributed by atoms with E-state index in [2.05, 4.69) is 20.9 Å². The standard InChI is InChI=1S/C12H14BrN3O2/c1-18-9-8-16(7-3-6-14)12(17)10-4-2-5-11(13)15-10/h2,4-5H,3,7-9H2,1H3. The third-order valence-electron chi connectivity index (χ3n) is 2.28. The number of amides is 1. The van der Waals surface area contributed by atoms with Gasteiger partial charge in [0.05, 0.1) is 19.1 Å². The van der Waals surface area contributed by atoms with E-state index in [4.69, 9.17) is 10.00 Å². The molecule has 5 nitrogen and oxygen atoms in total. The number of nitriles is 1. The Morgan fingerprint density at radius 1 is 1.56 bits per heavy atom. The number of pyridine rings is 1. The van der Waals surface area contributed by atoms with E-state index in [-0.39, 0.29) is 5.91 Å². The summed E-state index contributed by atoms with van der Waals surface area (Å²) >= 11 is 3.23. The molecule has 0 aromatic carbocycles. The van der Waals surface area contributed by atoms with Gasteiger partial charge >= 0.3 is 0 Å². The average molecular weight is 312 g/mol. The van der Waals surface area contributed by atoms with E-state index < -0.39 is 0 Å². The number of halogens is 1. The topological polar surface area (TPSA) is 66.2 Å². The van der Waals surface area contributed by atoms with E-state index in [9.17, 15) is 4.79 Å². The van der Waals surface area contributed by atoms with Crippen LogP contribution in [0.1, 0.15) is 16.9 Å². The van der Waals surface area contributed by atoms with Gasteiger partial charge < -0.3 is 9.64 Å². The number of nitrogens with zero attached hydrogens (tertiary/aromatic N) is 3. The second kappa shape index (κ2) is 7.80. The van der Waals surface area contributed by atoms with E-state index in [0.717, 1.165) is 0 Å². The molecule has 0 unspecified atom stereocenters. The van der Waals surface area contributed by atoms with Crippen molar-refractivity contribution in [2.75, 3.05) is 26.8 Å². The van der Waals surface area contributed by atoms with E-state index >= 15 is 0 Å². The first-order valence-electron chi connectivity index (χ1n) is 5.46. The molecular formula is C12H14BrN3O2. The van der Waals surface area contributed by atoms with Crippen LogP contribution in [0, 0.1) is 11.3 Å². The fraction of sp³-hybridized carbons (Fsp3) is 0.417. The summed E-state index contributed by atoms with van der Waals surface area (Å²) in [4.78, 5) is 17.9. The highest BCUT2D eigenvalue weighted by molar-refractivity contribution is 9.10. The second-order valence-electron chi connectivity index (χ2n) is 3.54. The van der Waals surface area contributed by atoms with Crippen molar-refractivity contribution >= 4 is 21.8 Å². The Bertz CT molecular complexity index is 445. The lowest BCUT2D eigenvalue weighted by Crippen LogP contribution is -2.35. The minimum absolute atomic E-state index is 0.191. The van der Waals surface area contributed by atoms with Crippen molar-refractivity contribution in [3.05, 3.63) is 28.5 Å². The van der Waals surface area contributed by atoms with Crippen molar-refractivity contribution in [3.8, 4) is 6.07 Å². The molecule has 1 aromatic rings. The number of carbonyl (C=O) groups is 1.